The summed E-state index contributed by atoms with van der Waals surface area (Å²) in [4.78, 5) is 33.4. The molecule has 1 heterocycles. The van der Waals surface area contributed by atoms with E-state index in [1.54, 1.807) is 0 Å². The molecule has 0 aromatic rings. The molecule has 1 fully saturated rings. The van der Waals surface area contributed by atoms with Crippen molar-refractivity contribution in [3.8, 4) is 0 Å². The van der Waals surface area contributed by atoms with E-state index in [9.17, 15) is 9.59 Å². The third-order valence-electron chi connectivity index (χ3n) is 12.5. The zero-order valence-corrected chi connectivity index (χ0v) is 38.6. The Hall–Kier alpha value is -1.10. The zero-order valence-electron chi connectivity index (χ0n) is 38.6. The predicted molar refractivity (Wildman–Crippen MR) is 242 cm³/mol. The summed E-state index contributed by atoms with van der Waals surface area (Å²) in [5.41, 5.74) is -0.320. The Kier molecular flexibility index (Phi) is 32.9. The van der Waals surface area contributed by atoms with Gasteiger partial charge in [0.15, 0.2) is 0 Å². The van der Waals surface area contributed by atoms with Gasteiger partial charge in [0, 0.05) is 18.5 Å². The van der Waals surface area contributed by atoms with E-state index in [2.05, 4.69) is 63.7 Å². The lowest BCUT2D eigenvalue weighted by molar-refractivity contribution is -0.143. The van der Waals surface area contributed by atoms with Crippen LogP contribution in [0.1, 0.15) is 260 Å². The lowest BCUT2D eigenvalue weighted by Crippen LogP contribution is -2.55. The molecule has 0 saturated carbocycles. The molecule has 55 heavy (non-hydrogen) atoms. The van der Waals surface area contributed by atoms with Crippen LogP contribution < -0.4 is 5.32 Å². The molecule has 0 spiro atoms. The maximum atomic E-state index is 14.5. The summed E-state index contributed by atoms with van der Waals surface area (Å²) in [7, 11) is 2.21. The molecule has 2 atom stereocenters. The number of likely N-dealkylation sites (tertiary alicyclic amines) is 1. The van der Waals surface area contributed by atoms with Gasteiger partial charge >= 0.3 is 0 Å². The standard InChI is InChI=1S/C50H99N3O2/c1-8-11-14-17-20-23-25-28-31-34-37-46(36-33-30-27-22-19-16-13-10-3)44-53(48(54)38-35-32-29-26-24-21-18-15-12-9-2)47(49(55)51-50(4,5)6)43-45-39-41-52(7)42-40-45/h45-47H,8-44H2,1-7H3,(H,51,55). The molecule has 1 aliphatic heterocycles. The first-order valence-electron chi connectivity index (χ1n) is 24.9. The van der Waals surface area contributed by atoms with E-state index in [-0.39, 0.29) is 23.4 Å². The van der Waals surface area contributed by atoms with E-state index in [1.165, 1.54) is 180 Å². The summed E-state index contributed by atoms with van der Waals surface area (Å²) >= 11 is 0. The molecule has 1 aliphatic rings. The molecule has 2 amide bonds. The van der Waals surface area contributed by atoms with E-state index in [0.29, 0.717) is 18.3 Å². The van der Waals surface area contributed by atoms with Gasteiger partial charge in [-0.25, -0.2) is 0 Å². The van der Waals surface area contributed by atoms with E-state index in [1.807, 2.05) is 0 Å². The fourth-order valence-corrected chi connectivity index (χ4v) is 8.84. The van der Waals surface area contributed by atoms with E-state index in [0.717, 1.165) is 51.7 Å². The first kappa shape index (κ1) is 51.9. The SMILES string of the molecule is CCCCCCCCCCCCC(=O)N(CC(CCCCCCCCCC)CCCCCCCCCCCC)C(CC1CCN(C)CC1)C(=O)NC(C)(C)C. The Balaban J connectivity index is 3.05. The van der Waals surface area contributed by atoms with Crippen LogP contribution in [0.15, 0.2) is 0 Å². The molecule has 1 N–H and O–H groups in total. The number of nitrogens with zero attached hydrogens (tertiary/aromatic N) is 2. The van der Waals surface area contributed by atoms with Crippen LogP contribution in [-0.4, -0.2) is 59.9 Å². The van der Waals surface area contributed by atoms with Crippen LogP contribution in [0.3, 0.4) is 0 Å². The molecule has 0 bridgehead atoms. The minimum atomic E-state index is -0.364. The number of carbonyl (C=O) groups is 2. The molecule has 1 rings (SSSR count). The molecule has 0 aliphatic carbocycles. The van der Waals surface area contributed by atoms with Gasteiger partial charge in [-0.1, -0.05) is 194 Å². The summed E-state index contributed by atoms with van der Waals surface area (Å²) in [6.07, 6.45) is 42.9. The lowest BCUT2D eigenvalue weighted by atomic mass is 9.87. The number of nitrogens with one attached hydrogen (secondary N) is 1. The topological polar surface area (TPSA) is 52.7 Å². The van der Waals surface area contributed by atoms with Crippen LogP contribution in [-0.2, 0) is 9.59 Å². The molecule has 5 nitrogen and oxygen atoms in total. The van der Waals surface area contributed by atoms with E-state index >= 15 is 0 Å². The second-order valence-electron chi connectivity index (χ2n) is 19.3. The molecule has 5 heteroatoms. The monoisotopic (exact) mass is 774 g/mol. The normalized spacial score (nSPS) is 15.3. The molecule has 326 valence electrons. The highest BCUT2D eigenvalue weighted by atomic mass is 16.2. The van der Waals surface area contributed by atoms with Gasteiger partial charge in [-0.3, -0.25) is 9.59 Å². The number of hydrogen-bond acceptors (Lipinski definition) is 3. The van der Waals surface area contributed by atoms with Gasteiger partial charge in [-0.15, -0.1) is 0 Å². The second-order valence-corrected chi connectivity index (χ2v) is 19.3. The highest BCUT2D eigenvalue weighted by molar-refractivity contribution is 5.88. The summed E-state index contributed by atoms with van der Waals surface area (Å²) < 4.78 is 0. The van der Waals surface area contributed by atoms with Gasteiger partial charge in [-0.2, -0.15) is 0 Å². The number of piperidine rings is 1. The summed E-state index contributed by atoms with van der Waals surface area (Å²) in [5, 5.41) is 3.36. The molecule has 1 saturated heterocycles. The summed E-state index contributed by atoms with van der Waals surface area (Å²) in [6, 6.07) is -0.364. The number of carbonyl (C=O) groups excluding carboxylic acids is 2. The zero-order chi connectivity index (χ0) is 40.4. The Morgan fingerprint density at radius 3 is 1.33 bits per heavy atom. The van der Waals surface area contributed by atoms with Crippen LogP contribution in [0.2, 0.25) is 0 Å². The number of rotatable bonds is 37. The van der Waals surface area contributed by atoms with E-state index in [4.69, 9.17) is 0 Å². The minimum absolute atomic E-state index is 0.0765. The van der Waals surface area contributed by atoms with Gasteiger partial charge in [0.25, 0.3) is 0 Å². The van der Waals surface area contributed by atoms with Gasteiger partial charge < -0.3 is 15.1 Å². The maximum Gasteiger partial charge on any atom is 0.243 e. The van der Waals surface area contributed by atoms with Crippen molar-refractivity contribution >= 4 is 11.8 Å². The average Bonchev–Trinajstić information content (AvgIpc) is 3.15. The fourth-order valence-electron chi connectivity index (χ4n) is 8.84. The quantitative estimate of drug-likeness (QED) is 0.0640. The van der Waals surface area contributed by atoms with Gasteiger partial charge in [-0.05, 0) is 91.3 Å². The minimum Gasteiger partial charge on any atom is -0.350 e. The predicted octanol–water partition coefficient (Wildman–Crippen LogP) is 14.6. The van der Waals surface area contributed by atoms with Crippen molar-refractivity contribution < 1.29 is 9.59 Å². The number of amides is 2. The Labute approximate surface area is 345 Å². The van der Waals surface area contributed by atoms with E-state index < -0.39 is 0 Å². The Morgan fingerprint density at radius 2 is 0.945 bits per heavy atom. The Bertz CT molecular complexity index is 877. The van der Waals surface area contributed by atoms with Gasteiger partial charge in [0.1, 0.15) is 6.04 Å². The molecule has 0 aromatic heterocycles. The molecule has 0 aromatic carbocycles. The Morgan fingerprint density at radius 1 is 0.582 bits per heavy atom. The highest BCUT2D eigenvalue weighted by Gasteiger charge is 2.35. The largest absolute Gasteiger partial charge is 0.350 e. The highest BCUT2D eigenvalue weighted by Crippen LogP contribution is 2.28. The molecular formula is C50H99N3O2. The van der Waals surface area contributed by atoms with Crippen LogP contribution in [0.25, 0.3) is 0 Å². The fraction of sp³-hybridized carbons (Fsp3) is 0.960. The lowest BCUT2D eigenvalue weighted by Gasteiger charge is -2.39. The van der Waals surface area contributed by atoms with Crippen LogP contribution in [0.5, 0.6) is 0 Å². The van der Waals surface area contributed by atoms with Crippen LogP contribution in [0, 0.1) is 11.8 Å². The molecule has 0 radical (unpaired) electrons. The maximum absolute atomic E-state index is 14.5. The molecule has 2 unspecified atom stereocenters. The number of unbranched alkanes of at least 4 members (excludes halogenated alkanes) is 25. The summed E-state index contributed by atoms with van der Waals surface area (Å²) in [5.74, 6) is 1.29. The first-order valence-corrected chi connectivity index (χ1v) is 24.9. The van der Waals surface area contributed by atoms with Crippen molar-refractivity contribution in [2.75, 3.05) is 26.7 Å². The van der Waals surface area contributed by atoms with Crippen molar-refractivity contribution in [2.24, 2.45) is 11.8 Å². The third kappa shape index (κ3) is 29.7. The van der Waals surface area contributed by atoms with Crippen molar-refractivity contribution in [3.63, 3.8) is 0 Å². The average molecular weight is 774 g/mol. The second kappa shape index (κ2) is 34.9. The van der Waals surface area contributed by atoms with Gasteiger partial charge in [0.05, 0.1) is 0 Å². The van der Waals surface area contributed by atoms with Crippen molar-refractivity contribution in [2.45, 2.75) is 271 Å². The first-order chi connectivity index (χ1) is 26.6. The van der Waals surface area contributed by atoms with Crippen LogP contribution >= 0.6 is 0 Å². The summed E-state index contributed by atoms with van der Waals surface area (Å²) in [6.45, 7) is 16.1. The number of hydrogen-bond donors (Lipinski definition) is 1. The van der Waals surface area contributed by atoms with Gasteiger partial charge in [0.2, 0.25) is 11.8 Å². The molecular weight excluding hydrogens is 675 g/mol. The van der Waals surface area contributed by atoms with Crippen molar-refractivity contribution in [3.05, 3.63) is 0 Å². The van der Waals surface area contributed by atoms with Crippen LogP contribution in [0.4, 0.5) is 0 Å². The van der Waals surface area contributed by atoms with Crippen molar-refractivity contribution in [1.82, 2.24) is 15.1 Å². The third-order valence-corrected chi connectivity index (χ3v) is 12.5. The van der Waals surface area contributed by atoms with Crippen molar-refractivity contribution in [1.29, 1.82) is 0 Å². The smallest absolute Gasteiger partial charge is 0.243 e.